The van der Waals surface area contributed by atoms with E-state index >= 15 is 0 Å². The van der Waals surface area contributed by atoms with Crippen molar-refractivity contribution < 1.29 is 14.3 Å². The van der Waals surface area contributed by atoms with Gasteiger partial charge in [0.1, 0.15) is 6.54 Å². The zero-order chi connectivity index (χ0) is 20.4. The average molecular weight is 391 g/mol. The highest BCUT2D eigenvalue weighted by Gasteiger charge is 2.18. The van der Waals surface area contributed by atoms with Crippen LogP contribution >= 0.6 is 0 Å². The van der Waals surface area contributed by atoms with Crippen molar-refractivity contribution in [2.24, 2.45) is 4.99 Å². The highest BCUT2D eigenvalue weighted by Crippen LogP contribution is 2.30. The molecule has 2 N–H and O–H groups in total. The quantitative estimate of drug-likeness (QED) is 0.501. The van der Waals surface area contributed by atoms with Crippen molar-refractivity contribution >= 4 is 11.9 Å². The summed E-state index contributed by atoms with van der Waals surface area (Å²) in [5.41, 5.74) is 1.06. The lowest BCUT2D eigenvalue weighted by atomic mass is 10.1. The number of amides is 1. The van der Waals surface area contributed by atoms with Crippen LogP contribution in [-0.2, 0) is 4.79 Å². The zero-order valence-corrected chi connectivity index (χ0v) is 17.6. The molecule has 0 saturated carbocycles. The van der Waals surface area contributed by atoms with Crippen LogP contribution in [-0.4, -0.2) is 56.2 Å². The van der Waals surface area contributed by atoms with E-state index in [1.54, 1.807) is 0 Å². The van der Waals surface area contributed by atoms with Crippen LogP contribution in [0.1, 0.15) is 52.1 Å². The second kappa shape index (κ2) is 11.4. The fourth-order valence-corrected chi connectivity index (χ4v) is 3.16. The number of likely N-dealkylation sites (tertiary alicyclic amines) is 1. The van der Waals surface area contributed by atoms with E-state index in [1.807, 2.05) is 43.9 Å². The van der Waals surface area contributed by atoms with Gasteiger partial charge < -0.3 is 25.0 Å². The largest absolute Gasteiger partial charge is 0.490 e. The molecule has 1 aromatic carbocycles. The van der Waals surface area contributed by atoms with Gasteiger partial charge in [0.15, 0.2) is 17.5 Å². The van der Waals surface area contributed by atoms with Crippen LogP contribution < -0.4 is 20.1 Å². The summed E-state index contributed by atoms with van der Waals surface area (Å²) >= 11 is 0. The number of guanidine groups is 1. The molecule has 1 atom stereocenters. The molecule has 0 aromatic heterocycles. The van der Waals surface area contributed by atoms with Crippen LogP contribution in [0.2, 0.25) is 0 Å². The molecular formula is C21H34N4O3. The Morgan fingerprint density at radius 1 is 1.14 bits per heavy atom. The number of hydrogen-bond donors (Lipinski definition) is 2. The van der Waals surface area contributed by atoms with Gasteiger partial charge in [0.25, 0.3) is 0 Å². The molecule has 0 spiro atoms. The Morgan fingerprint density at radius 3 is 2.46 bits per heavy atom. The molecule has 1 aromatic rings. The Hall–Kier alpha value is -2.44. The van der Waals surface area contributed by atoms with Crippen LogP contribution in [0.15, 0.2) is 23.2 Å². The molecule has 0 bridgehead atoms. The van der Waals surface area contributed by atoms with Gasteiger partial charge in [0.2, 0.25) is 5.91 Å². The number of aliphatic imine (C=N–C) groups is 1. The maximum absolute atomic E-state index is 12.3. The van der Waals surface area contributed by atoms with E-state index in [9.17, 15) is 4.79 Å². The summed E-state index contributed by atoms with van der Waals surface area (Å²) in [4.78, 5) is 18.6. The Kier molecular flexibility index (Phi) is 8.91. The first-order valence-electron chi connectivity index (χ1n) is 10.3. The van der Waals surface area contributed by atoms with Crippen LogP contribution in [0.25, 0.3) is 0 Å². The lowest BCUT2D eigenvalue weighted by Crippen LogP contribution is -2.40. The van der Waals surface area contributed by atoms with Crippen molar-refractivity contribution in [2.75, 3.05) is 39.4 Å². The van der Waals surface area contributed by atoms with E-state index in [0.717, 1.165) is 49.5 Å². The van der Waals surface area contributed by atoms with Crippen LogP contribution in [0.4, 0.5) is 0 Å². The second-order valence-corrected chi connectivity index (χ2v) is 6.72. The van der Waals surface area contributed by atoms with E-state index in [2.05, 4.69) is 22.5 Å². The van der Waals surface area contributed by atoms with Crippen LogP contribution in [0.3, 0.4) is 0 Å². The molecule has 0 aliphatic carbocycles. The fraction of sp³-hybridized carbons (Fsp3) is 0.619. The van der Waals surface area contributed by atoms with Gasteiger partial charge in [-0.3, -0.25) is 4.79 Å². The van der Waals surface area contributed by atoms with E-state index in [1.165, 1.54) is 0 Å². The molecular weight excluding hydrogens is 356 g/mol. The Bertz CT molecular complexity index is 657. The lowest BCUT2D eigenvalue weighted by Gasteiger charge is -2.20. The predicted octanol–water partition coefficient (Wildman–Crippen LogP) is 2.72. The number of nitrogens with zero attached hydrogens (tertiary/aromatic N) is 2. The van der Waals surface area contributed by atoms with Gasteiger partial charge in [-0.25, -0.2) is 4.99 Å². The number of ether oxygens (including phenoxy) is 2. The molecule has 1 unspecified atom stereocenters. The Labute approximate surface area is 168 Å². The molecule has 1 aliphatic rings. The molecule has 7 nitrogen and oxygen atoms in total. The summed E-state index contributed by atoms with van der Waals surface area (Å²) in [5, 5.41) is 6.59. The van der Waals surface area contributed by atoms with E-state index in [4.69, 9.17) is 9.47 Å². The first kappa shape index (κ1) is 21.9. The summed E-state index contributed by atoms with van der Waals surface area (Å²) in [6, 6.07) is 5.94. The van der Waals surface area contributed by atoms with Crippen molar-refractivity contribution in [3.63, 3.8) is 0 Å². The normalized spacial score (nSPS) is 15.3. The van der Waals surface area contributed by atoms with E-state index < -0.39 is 0 Å². The van der Waals surface area contributed by atoms with Gasteiger partial charge in [-0.1, -0.05) is 6.07 Å². The van der Waals surface area contributed by atoms with Crippen LogP contribution in [0.5, 0.6) is 11.5 Å². The third kappa shape index (κ3) is 6.32. The zero-order valence-electron chi connectivity index (χ0n) is 17.6. The maximum Gasteiger partial charge on any atom is 0.244 e. The minimum atomic E-state index is -0.00503. The lowest BCUT2D eigenvalue weighted by molar-refractivity contribution is -0.128. The standard InChI is InChI=1S/C21H34N4O3/c1-5-22-21(23-15-20(26)25-12-8-9-13-25)24-16(4)17-10-11-18(27-6-2)19(14-17)28-7-3/h10-11,14,16H,5-9,12-13,15H2,1-4H3,(H2,22,23,24). The van der Waals surface area contributed by atoms with Crippen LogP contribution in [0, 0.1) is 0 Å². The van der Waals surface area contributed by atoms with Crippen molar-refractivity contribution in [1.82, 2.24) is 15.5 Å². The molecule has 0 radical (unpaired) electrons. The molecule has 2 rings (SSSR count). The molecule has 1 amide bonds. The summed E-state index contributed by atoms with van der Waals surface area (Å²) < 4.78 is 11.4. The fourth-order valence-electron chi connectivity index (χ4n) is 3.16. The maximum atomic E-state index is 12.3. The predicted molar refractivity (Wildman–Crippen MR) is 112 cm³/mol. The number of nitrogens with one attached hydrogen (secondary N) is 2. The third-order valence-corrected chi connectivity index (χ3v) is 4.60. The smallest absolute Gasteiger partial charge is 0.244 e. The minimum Gasteiger partial charge on any atom is -0.490 e. The molecule has 7 heteroatoms. The summed E-state index contributed by atoms with van der Waals surface area (Å²) in [5.74, 6) is 2.20. The van der Waals surface area contributed by atoms with Gasteiger partial charge in [0.05, 0.1) is 19.3 Å². The monoisotopic (exact) mass is 390 g/mol. The SMILES string of the molecule is CCNC(=NCC(=O)N1CCCC1)NC(C)c1ccc(OCC)c(OCC)c1. The second-order valence-electron chi connectivity index (χ2n) is 6.72. The molecule has 28 heavy (non-hydrogen) atoms. The van der Waals surface area contributed by atoms with Crippen molar-refractivity contribution in [3.8, 4) is 11.5 Å². The molecule has 1 heterocycles. The van der Waals surface area contributed by atoms with Crippen molar-refractivity contribution in [2.45, 2.75) is 46.6 Å². The van der Waals surface area contributed by atoms with Gasteiger partial charge in [-0.15, -0.1) is 0 Å². The highest BCUT2D eigenvalue weighted by molar-refractivity contribution is 5.85. The topological polar surface area (TPSA) is 75.2 Å². The molecule has 156 valence electrons. The van der Waals surface area contributed by atoms with Crippen molar-refractivity contribution in [1.29, 1.82) is 0 Å². The van der Waals surface area contributed by atoms with Crippen molar-refractivity contribution in [3.05, 3.63) is 23.8 Å². The van der Waals surface area contributed by atoms with Gasteiger partial charge in [-0.2, -0.15) is 0 Å². The summed E-state index contributed by atoms with van der Waals surface area (Å²) in [6.07, 6.45) is 2.18. The average Bonchev–Trinajstić information content (AvgIpc) is 3.22. The number of carbonyl (C=O) groups is 1. The first-order chi connectivity index (χ1) is 13.6. The number of hydrogen-bond acceptors (Lipinski definition) is 4. The third-order valence-electron chi connectivity index (χ3n) is 4.60. The molecule has 1 fully saturated rings. The van der Waals surface area contributed by atoms with E-state index in [-0.39, 0.29) is 18.5 Å². The molecule has 1 saturated heterocycles. The van der Waals surface area contributed by atoms with Gasteiger partial charge in [-0.05, 0) is 58.2 Å². The van der Waals surface area contributed by atoms with Gasteiger partial charge >= 0.3 is 0 Å². The summed E-state index contributed by atoms with van der Waals surface area (Å²) in [7, 11) is 0. The molecule has 1 aliphatic heterocycles. The number of benzene rings is 1. The van der Waals surface area contributed by atoms with Gasteiger partial charge in [0, 0.05) is 19.6 Å². The Morgan fingerprint density at radius 2 is 1.82 bits per heavy atom. The Balaban J connectivity index is 2.05. The highest BCUT2D eigenvalue weighted by atomic mass is 16.5. The minimum absolute atomic E-state index is 0.00503. The number of rotatable bonds is 9. The van der Waals surface area contributed by atoms with E-state index in [0.29, 0.717) is 19.2 Å². The summed E-state index contributed by atoms with van der Waals surface area (Å²) in [6.45, 7) is 11.7. The first-order valence-corrected chi connectivity index (χ1v) is 10.3. The number of carbonyl (C=O) groups excluding carboxylic acids is 1.